The maximum absolute atomic E-state index is 13.4. The highest BCUT2D eigenvalue weighted by Gasteiger charge is 2.26. The number of nitrogens with zero attached hydrogens (tertiary/aromatic N) is 4. The first kappa shape index (κ1) is 26.0. The third-order valence-electron chi connectivity index (χ3n) is 6.99. The summed E-state index contributed by atoms with van der Waals surface area (Å²) in [6.45, 7) is 2.67. The molecule has 2 aromatic carbocycles. The lowest BCUT2D eigenvalue weighted by Crippen LogP contribution is -2.34. The highest BCUT2D eigenvalue weighted by atomic mass is 16.2. The first-order valence-corrected chi connectivity index (χ1v) is 12.9. The number of aromatic nitrogens is 3. The summed E-state index contributed by atoms with van der Waals surface area (Å²) in [5.74, 6) is -1.35. The van der Waals surface area contributed by atoms with Crippen molar-refractivity contribution in [2.24, 2.45) is 5.73 Å². The molecule has 9 heteroatoms. The first-order valence-electron chi connectivity index (χ1n) is 12.9. The zero-order chi connectivity index (χ0) is 27.2. The molecule has 9 nitrogen and oxygen atoms in total. The van der Waals surface area contributed by atoms with Gasteiger partial charge in [0.25, 0.3) is 11.8 Å². The van der Waals surface area contributed by atoms with Crippen LogP contribution in [-0.4, -0.2) is 50.4 Å². The quantitative estimate of drug-likeness (QED) is 0.309. The Hall–Kier alpha value is -4.63. The Morgan fingerprint density at radius 1 is 0.974 bits per heavy atom. The number of hydrogen-bond donors (Lipinski definition) is 2. The first-order chi connectivity index (χ1) is 19.0. The fourth-order valence-corrected chi connectivity index (χ4v) is 4.98. The van der Waals surface area contributed by atoms with E-state index in [-0.39, 0.29) is 6.42 Å². The van der Waals surface area contributed by atoms with Gasteiger partial charge in [0.2, 0.25) is 5.78 Å². The molecule has 2 aromatic heterocycles. The average molecular weight is 523 g/mol. The molecule has 1 fully saturated rings. The zero-order valence-electron chi connectivity index (χ0n) is 21.4. The van der Waals surface area contributed by atoms with Gasteiger partial charge < -0.3 is 11.1 Å². The Morgan fingerprint density at radius 2 is 1.72 bits per heavy atom. The van der Waals surface area contributed by atoms with Crippen LogP contribution in [0.4, 0.5) is 0 Å². The lowest BCUT2D eigenvalue weighted by atomic mass is 9.99. The molecule has 0 bridgehead atoms. The number of rotatable bonds is 10. The second-order valence-electron chi connectivity index (χ2n) is 9.69. The van der Waals surface area contributed by atoms with E-state index in [1.54, 1.807) is 53.5 Å². The zero-order valence-corrected chi connectivity index (χ0v) is 21.4. The van der Waals surface area contributed by atoms with Crippen molar-refractivity contribution in [3.63, 3.8) is 0 Å². The van der Waals surface area contributed by atoms with Crippen LogP contribution < -0.4 is 11.1 Å². The smallest absolute Gasteiger partial charge is 0.284 e. The Kier molecular flexibility index (Phi) is 7.88. The highest BCUT2D eigenvalue weighted by molar-refractivity contribution is 6.35. The molecule has 2 amide bonds. The topological polar surface area (TPSA) is 123 Å². The highest BCUT2D eigenvalue weighted by Crippen LogP contribution is 2.28. The van der Waals surface area contributed by atoms with E-state index < -0.39 is 23.6 Å². The van der Waals surface area contributed by atoms with Crippen LogP contribution in [0.3, 0.4) is 0 Å². The number of benzene rings is 2. The van der Waals surface area contributed by atoms with Crippen molar-refractivity contribution in [1.82, 2.24) is 25.0 Å². The minimum absolute atomic E-state index is 0.244. The van der Waals surface area contributed by atoms with Crippen molar-refractivity contribution < 1.29 is 14.4 Å². The van der Waals surface area contributed by atoms with Gasteiger partial charge in [0, 0.05) is 31.9 Å². The second kappa shape index (κ2) is 11.8. The summed E-state index contributed by atoms with van der Waals surface area (Å²) in [5, 5.41) is 7.59. The molecule has 0 radical (unpaired) electrons. The minimum Gasteiger partial charge on any atom is -0.363 e. The molecule has 0 spiro atoms. The predicted octanol–water partition coefficient (Wildman–Crippen LogP) is 3.17. The van der Waals surface area contributed by atoms with Crippen LogP contribution in [0.1, 0.15) is 52.0 Å². The van der Waals surface area contributed by atoms with Crippen molar-refractivity contribution in [3.05, 3.63) is 114 Å². The summed E-state index contributed by atoms with van der Waals surface area (Å²) in [6.07, 6.45) is 4.26. The molecule has 2 atom stereocenters. The molecular weight excluding hydrogens is 492 g/mol. The van der Waals surface area contributed by atoms with Crippen molar-refractivity contribution >= 4 is 17.6 Å². The molecule has 3 heterocycles. The monoisotopic (exact) mass is 522 g/mol. The van der Waals surface area contributed by atoms with Gasteiger partial charge in [-0.2, -0.15) is 5.10 Å². The number of Topliss-reactive ketones (excluding diaryl/α,β-unsaturated/α-hetero) is 1. The van der Waals surface area contributed by atoms with Crippen LogP contribution in [0.25, 0.3) is 5.82 Å². The Labute approximate surface area is 226 Å². The molecule has 1 aliphatic heterocycles. The van der Waals surface area contributed by atoms with Crippen LogP contribution in [0.2, 0.25) is 0 Å². The van der Waals surface area contributed by atoms with Gasteiger partial charge in [-0.15, -0.1) is 0 Å². The molecule has 4 aromatic rings. The van der Waals surface area contributed by atoms with Crippen LogP contribution in [-0.2, 0) is 16.1 Å². The summed E-state index contributed by atoms with van der Waals surface area (Å²) in [5.41, 5.74) is 8.41. The summed E-state index contributed by atoms with van der Waals surface area (Å²) in [6, 6.07) is 24.1. The summed E-state index contributed by atoms with van der Waals surface area (Å²) in [4.78, 5) is 43.7. The van der Waals surface area contributed by atoms with Gasteiger partial charge in [-0.1, -0.05) is 60.7 Å². The van der Waals surface area contributed by atoms with Gasteiger partial charge in [0.1, 0.15) is 0 Å². The summed E-state index contributed by atoms with van der Waals surface area (Å²) in [7, 11) is 0. The molecule has 1 aliphatic rings. The van der Waals surface area contributed by atoms with E-state index >= 15 is 0 Å². The lowest BCUT2D eigenvalue weighted by Gasteiger charge is -2.19. The third-order valence-corrected chi connectivity index (χ3v) is 6.99. The number of carbonyl (C=O) groups is 3. The molecule has 5 rings (SSSR count). The van der Waals surface area contributed by atoms with Crippen molar-refractivity contribution in [3.8, 4) is 5.82 Å². The van der Waals surface area contributed by atoms with Crippen LogP contribution in [0.15, 0.2) is 91.3 Å². The Morgan fingerprint density at radius 3 is 2.46 bits per heavy atom. The van der Waals surface area contributed by atoms with E-state index in [1.165, 1.54) is 5.56 Å². The fourth-order valence-electron chi connectivity index (χ4n) is 4.98. The molecule has 0 aliphatic carbocycles. The third kappa shape index (κ3) is 6.27. The van der Waals surface area contributed by atoms with Gasteiger partial charge in [0.05, 0.1) is 17.3 Å². The number of amides is 2. The van der Waals surface area contributed by atoms with E-state index in [1.807, 2.05) is 18.2 Å². The maximum atomic E-state index is 13.4. The summed E-state index contributed by atoms with van der Waals surface area (Å²) < 4.78 is 1.60. The molecular formula is C30H30N6O3. The number of hydrogen-bond acceptors (Lipinski definition) is 6. The van der Waals surface area contributed by atoms with Crippen molar-refractivity contribution in [1.29, 1.82) is 0 Å². The van der Waals surface area contributed by atoms with E-state index in [0.29, 0.717) is 29.4 Å². The average Bonchev–Trinajstić information content (AvgIpc) is 3.64. The number of nitrogens with one attached hydrogen (secondary N) is 1. The van der Waals surface area contributed by atoms with E-state index in [0.717, 1.165) is 25.2 Å². The molecule has 3 N–H and O–H groups in total. The van der Waals surface area contributed by atoms with Gasteiger partial charge in [0.15, 0.2) is 5.82 Å². The second-order valence-corrected chi connectivity index (χ2v) is 9.69. The normalized spacial score (nSPS) is 16.1. The molecule has 1 saturated heterocycles. The van der Waals surface area contributed by atoms with E-state index in [9.17, 15) is 14.4 Å². The van der Waals surface area contributed by atoms with Gasteiger partial charge in [-0.25, -0.2) is 9.67 Å². The molecule has 39 heavy (non-hydrogen) atoms. The number of pyridine rings is 1. The van der Waals surface area contributed by atoms with Crippen LogP contribution in [0, 0.1) is 0 Å². The fraction of sp³-hybridized carbons (Fsp3) is 0.233. The standard InChI is InChI=1S/C30H30N6O3/c31-28(38)27(37)18-26(22-10-5-2-6-11-22)33-30(39)25-12-7-15-32-29(25)36-17-14-24(34-36)20-35-16-13-23(19-35)21-8-3-1-4-9-21/h1-12,14-15,17,23,26H,13,16,18-20H2,(H2,31,38)(H,33,39). The SMILES string of the molecule is NC(=O)C(=O)CC(NC(=O)c1cccnc1-n1ccc(CN2CCC(c3ccccc3)C2)n1)c1ccccc1. The maximum Gasteiger partial charge on any atom is 0.284 e. The number of nitrogens with two attached hydrogens (primary N) is 1. The van der Waals surface area contributed by atoms with Gasteiger partial charge in [-0.3, -0.25) is 19.3 Å². The van der Waals surface area contributed by atoms with Crippen molar-refractivity contribution in [2.45, 2.75) is 31.3 Å². The van der Waals surface area contributed by atoms with Crippen molar-refractivity contribution in [2.75, 3.05) is 13.1 Å². The lowest BCUT2D eigenvalue weighted by molar-refractivity contribution is -0.136. The molecule has 2 unspecified atom stereocenters. The van der Waals surface area contributed by atoms with E-state index in [2.05, 4.69) is 39.5 Å². The Balaban J connectivity index is 1.30. The number of primary amides is 1. The predicted molar refractivity (Wildman–Crippen MR) is 146 cm³/mol. The molecule has 0 saturated carbocycles. The Bertz CT molecular complexity index is 1450. The molecule has 198 valence electrons. The summed E-state index contributed by atoms with van der Waals surface area (Å²) >= 11 is 0. The number of likely N-dealkylation sites (tertiary alicyclic amines) is 1. The number of carbonyl (C=O) groups excluding carboxylic acids is 3. The van der Waals surface area contributed by atoms with Gasteiger partial charge in [-0.05, 0) is 48.2 Å². The largest absolute Gasteiger partial charge is 0.363 e. The van der Waals surface area contributed by atoms with Gasteiger partial charge >= 0.3 is 0 Å². The minimum atomic E-state index is -1.04. The van der Waals surface area contributed by atoms with Crippen LogP contribution >= 0.6 is 0 Å². The van der Waals surface area contributed by atoms with Crippen LogP contribution in [0.5, 0.6) is 0 Å². The van der Waals surface area contributed by atoms with E-state index in [4.69, 9.17) is 10.8 Å². The number of ketones is 1.